The van der Waals surface area contributed by atoms with E-state index in [2.05, 4.69) is 90.2 Å². The number of aliphatic carboxylic acids is 1. The topological polar surface area (TPSA) is 138 Å². The van der Waals surface area contributed by atoms with Gasteiger partial charge in [0.05, 0.1) is 37.9 Å². The maximum atomic E-state index is 13.5. The Morgan fingerprint density at radius 1 is 1.12 bits per heavy atom. The molecule has 0 spiro atoms. The number of nitrogens with zero attached hydrogens (tertiary/aromatic N) is 5. The number of allylic oxidation sites excluding steroid dienone is 1. The Labute approximate surface area is 311 Å². The highest BCUT2D eigenvalue weighted by atomic mass is 16.5. The summed E-state index contributed by atoms with van der Waals surface area (Å²) in [5, 5.41) is 24.7. The molecule has 2 aromatic rings. The number of hydrogen-bond donors (Lipinski definition) is 2. The van der Waals surface area contributed by atoms with Gasteiger partial charge in [-0.1, -0.05) is 74.0 Å². The predicted octanol–water partition coefficient (Wildman–Crippen LogP) is 7.62. The van der Waals surface area contributed by atoms with Gasteiger partial charge in [-0.2, -0.15) is 10.2 Å². The van der Waals surface area contributed by atoms with Crippen LogP contribution < -0.4 is 5.73 Å². The van der Waals surface area contributed by atoms with Gasteiger partial charge in [0.1, 0.15) is 12.0 Å². The predicted molar refractivity (Wildman–Crippen MR) is 201 cm³/mol. The number of ether oxygens (including phenoxy) is 2. The van der Waals surface area contributed by atoms with E-state index >= 15 is 0 Å². The molecule has 10 nitrogen and oxygen atoms in total. The van der Waals surface area contributed by atoms with Crippen LogP contribution in [0.25, 0.3) is 11.5 Å². The Bertz CT molecular complexity index is 1690. The van der Waals surface area contributed by atoms with Crippen LogP contribution in [0.4, 0.5) is 0 Å². The second-order valence-corrected chi connectivity index (χ2v) is 19.6. The van der Waals surface area contributed by atoms with E-state index in [0.29, 0.717) is 49.1 Å². The summed E-state index contributed by atoms with van der Waals surface area (Å²) in [6.45, 7) is 24.3. The molecule has 4 aliphatic carbocycles. The molecular weight excluding hydrogens is 653 g/mol. The Hall–Kier alpha value is -2.69. The van der Waals surface area contributed by atoms with E-state index in [4.69, 9.17) is 25.3 Å². The number of fused-ring (bicyclic) bond motifs is 3. The van der Waals surface area contributed by atoms with Crippen LogP contribution in [0.5, 0.6) is 0 Å². The lowest BCUT2D eigenvalue weighted by Crippen LogP contribution is -2.69. The molecule has 3 N–H and O–H groups in total. The number of carboxylic acid groups (broad SMARTS) is 1. The number of hydrogen-bond acceptors (Lipinski definition) is 8. The molecule has 2 aromatic heterocycles. The molecule has 0 aromatic carbocycles. The SMILES string of the molecule is CC(C)[C@@H](C)[C@@]1(C)CC[C@]2(C)[C@H]3CC[C@@H]4C5(COC[C@]4(C)[C@@H](OC[C@](C)(N)C(C)C)[C@H](n4ncnc4-c4cccnn4)C5)C3=CC[C@@]2(C)[C@@H]1C(=O)O. The standard InChI is InChI=1S/C42H64N6O4/c1-25(2)27(5)37(6)17-18-39(8)28-13-14-32-38(7)21-51-23-42(32,29(28)15-16-40(39,9)33(37)36(49)50)20-31(34(38)52-22-41(10,43)26(3)4)48-35(44-24-46-48)30-12-11-19-45-47-30/h11-12,15,19,24-28,31-34H,13-14,16-18,20-23,43H2,1-10H3,(H,49,50)/t27-,28+,31-,32+,33-,34+,37-,38+,39-,40+,41+,42?/m1/s1. The van der Waals surface area contributed by atoms with Crippen molar-refractivity contribution in [3.8, 4) is 11.5 Å². The second kappa shape index (κ2) is 12.7. The summed E-state index contributed by atoms with van der Waals surface area (Å²) in [4.78, 5) is 18.3. The molecule has 2 bridgehead atoms. The quantitative estimate of drug-likeness (QED) is 0.251. The first-order chi connectivity index (χ1) is 24.4. The van der Waals surface area contributed by atoms with Crippen LogP contribution >= 0.6 is 0 Å². The molecule has 7 rings (SSSR count). The van der Waals surface area contributed by atoms with E-state index in [0.717, 1.165) is 38.5 Å². The van der Waals surface area contributed by atoms with Crippen LogP contribution in [0.15, 0.2) is 36.3 Å². The highest BCUT2D eigenvalue weighted by Gasteiger charge is 2.72. The Morgan fingerprint density at radius 2 is 1.87 bits per heavy atom. The normalized spacial score (nSPS) is 41.7. The van der Waals surface area contributed by atoms with Gasteiger partial charge in [-0.15, -0.1) is 5.10 Å². The number of rotatable bonds is 9. The fourth-order valence-corrected chi connectivity index (χ4v) is 12.7. The van der Waals surface area contributed by atoms with Crippen LogP contribution in [0.1, 0.15) is 114 Å². The van der Waals surface area contributed by atoms with Crippen molar-refractivity contribution in [2.45, 2.75) is 125 Å². The van der Waals surface area contributed by atoms with Gasteiger partial charge in [0.25, 0.3) is 0 Å². The van der Waals surface area contributed by atoms with Crippen molar-refractivity contribution in [3.05, 3.63) is 36.3 Å². The van der Waals surface area contributed by atoms with Crippen molar-refractivity contribution in [2.75, 3.05) is 19.8 Å². The van der Waals surface area contributed by atoms with E-state index in [1.165, 1.54) is 5.57 Å². The van der Waals surface area contributed by atoms with Gasteiger partial charge in [-0.25, -0.2) is 9.67 Å². The number of nitrogens with two attached hydrogens (primary N) is 1. The van der Waals surface area contributed by atoms with Crippen LogP contribution in [-0.2, 0) is 14.3 Å². The van der Waals surface area contributed by atoms with E-state index in [-0.39, 0.29) is 51.1 Å². The van der Waals surface area contributed by atoms with Gasteiger partial charge in [0, 0.05) is 22.6 Å². The third-order valence-electron chi connectivity index (χ3n) is 16.7. The Morgan fingerprint density at radius 3 is 2.52 bits per heavy atom. The smallest absolute Gasteiger partial charge is 0.307 e. The van der Waals surface area contributed by atoms with Crippen molar-refractivity contribution in [2.24, 2.45) is 68.3 Å². The van der Waals surface area contributed by atoms with Gasteiger partial charge in [-0.3, -0.25) is 4.79 Å². The summed E-state index contributed by atoms with van der Waals surface area (Å²) < 4.78 is 15.9. The molecule has 4 fully saturated rings. The minimum absolute atomic E-state index is 0.151. The lowest BCUT2D eigenvalue weighted by molar-refractivity contribution is -0.252. The first-order valence-electron chi connectivity index (χ1n) is 20.0. The van der Waals surface area contributed by atoms with Crippen LogP contribution in [0.3, 0.4) is 0 Å². The molecule has 0 radical (unpaired) electrons. The molecule has 1 saturated heterocycles. The summed E-state index contributed by atoms with van der Waals surface area (Å²) >= 11 is 0. The minimum atomic E-state index is -0.630. The molecule has 1 aliphatic heterocycles. The summed E-state index contributed by atoms with van der Waals surface area (Å²) in [5.41, 5.74) is 7.15. The second-order valence-electron chi connectivity index (χ2n) is 19.6. The molecule has 0 amide bonds. The van der Waals surface area contributed by atoms with Crippen molar-refractivity contribution >= 4 is 5.97 Å². The molecule has 3 saturated carbocycles. The van der Waals surface area contributed by atoms with Crippen molar-refractivity contribution in [1.82, 2.24) is 25.0 Å². The number of carboxylic acids is 1. The first-order valence-corrected chi connectivity index (χ1v) is 20.0. The third-order valence-corrected chi connectivity index (χ3v) is 16.7. The molecule has 52 heavy (non-hydrogen) atoms. The Kier molecular flexibility index (Phi) is 9.18. The molecule has 3 heterocycles. The third kappa shape index (κ3) is 5.23. The zero-order chi connectivity index (χ0) is 37.6. The largest absolute Gasteiger partial charge is 0.481 e. The van der Waals surface area contributed by atoms with Crippen molar-refractivity contribution in [3.63, 3.8) is 0 Å². The number of carbonyl (C=O) groups is 1. The summed E-state index contributed by atoms with van der Waals surface area (Å²) in [6, 6.07) is 3.67. The highest BCUT2D eigenvalue weighted by molar-refractivity contribution is 5.73. The molecule has 12 atom stereocenters. The van der Waals surface area contributed by atoms with Gasteiger partial charge >= 0.3 is 5.97 Å². The van der Waals surface area contributed by atoms with Crippen LogP contribution in [0.2, 0.25) is 0 Å². The number of aromatic nitrogens is 5. The summed E-state index contributed by atoms with van der Waals surface area (Å²) in [5.74, 6) is 1.19. The molecule has 1 unspecified atom stereocenters. The average Bonchev–Trinajstić information content (AvgIpc) is 3.58. The molecular formula is C42H64N6O4. The molecule has 286 valence electrons. The van der Waals surface area contributed by atoms with Gasteiger partial charge in [0.2, 0.25) is 0 Å². The maximum Gasteiger partial charge on any atom is 0.307 e. The van der Waals surface area contributed by atoms with E-state index < -0.39 is 17.4 Å². The minimum Gasteiger partial charge on any atom is -0.481 e. The van der Waals surface area contributed by atoms with Gasteiger partial charge in [0.15, 0.2) is 5.82 Å². The summed E-state index contributed by atoms with van der Waals surface area (Å²) in [6.07, 6.45) is 11.2. The maximum absolute atomic E-state index is 13.5. The fourth-order valence-electron chi connectivity index (χ4n) is 12.7. The van der Waals surface area contributed by atoms with Crippen molar-refractivity contribution in [1.29, 1.82) is 0 Å². The first kappa shape index (κ1) is 37.6. The molecule has 5 aliphatic rings. The highest BCUT2D eigenvalue weighted by Crippen LogP contribution is 2.75. The van der Waals surface area contributed by atoms with E-state index in [1.54, 1.807) is 12.5 Å². The molecule has 10 heteroatoms. The Balaban J connectivity index is 1.35. The lowest BCUT2D eigenvalue weighted by Gasteiger charge is -2.71. The lowest BCUT2D eigenvalue weighted by atomic mass is 9.34. The van der Waals surface area contributed by atoms with Gasteiger partial charge in [-0.05, 0) is 103 Å². The fraction of sp³-hybridized carbons (Fsp3) is 0.786. The van der Waals surface area contributed by atoms with Crippen LogP contribution in [-0.4, -0.2) is 67.5 Å². The van der Waals surface area contributed by atoms with E-state index in [1.807, 2.05) is 12.1 Å². The van der Waals surface area contributed by atoms with E-state index in [9.17, 15) is 9.90 Å². The summed E-state index contributed by atoms with van der Waals surface area (Å²) in [7, 11) is 0. The zero-order valence-corrected chi connectivity index (χ0v) is 33.4. The monoisotopic (exact) mass is 716 g/mol. The zero-order valence-electron chi connectivity index (χ0n) is 33.4. The average molecular weight is 717 g/mol. The van der Waals surface area contributed by atoms with Gasteiger partial charge < -0.3 is 20.3 Å². The van der Waals surface area contributed by atoms with Crippen LogP contribution in [0, 0.1) is 62.6 Å². The van der Waals surface area contributed by atoms with Crippen molar-refractivity contribution < 1.29 is 19.4 Å².